The average molecular weight is 469 g/mol. The van der Waals surface area contributed by atoms with Gasteiger partial charge in [0.2, 0.25) is 0 Å². The number of halogens is 3. The third-order valence-electron chi connectivity index (χ3n) is 7.69. The maximum Gasteiger partial charge on any atom is 0.166 e. The number of epoxide rings is 1. The van der Waals surface area contributed by atoms with Gasteiger partial charge in [-0.3, -0.25) is 0 Å². The summed E-state index contributed by atoms with van der Waals surface area (Å²) < 4.78 is 55.3. The fourth-order valence-corrected chi connectivity index (χ4v) is 5.45. The van der Waals surface area contributed by atoms with E-state index in [0.717, 1.165) is 38.5 Å². The Morgan fingerprint density at radius 1 is 0.912 bits per heavy atom. The lowest BCUT2D eigenvalue weighted by molar-refractivity contribution is 0.227. The van der Waals surface area contributed by atoms with Crippen LogP contribution in [0, 0.1) is 29.4 Å². The van der Waals surface area contributed by atoms with Crippen LogP contribution in [0.2, 0.25) is 0 Å². The maximum absolute atomic E-state index is 15.0. The molecule has 34 heavy (non-hydrogen) atoms. The topological polar surface area (TPSA) is 21.8 Å². The SMILES string of the molecule is C=CC1CCC(c2ccc(-c3ccc(OCC4C=C(F)C(C5CO5)CC4)cc3)c(F)c2F)CC1. The fourth-order valence-electron chi connectivity index (χ4n) is 5.45. The second kappa shape index (κ2) is 9.99. The molecule has 5 rings (SSSR count). The molecule has 1 aliphatic heterocycles. The molecule has 0 radical (unpaired) electrons. The van der Waals surface area contributed by atoms with Gasteiger partial charge in [0.25, 0.3) is 0 Å². The van der Waals surface area contributed by atoms with Crippen LogP contribution in [0.3, 0.4) is 0 Å². The first-order valence-electron chi connectivity index (χ1n) is 12.4. The van der Waals surface area contributed by atoms with Crippen LogP contribution < -0.4 is 4.74 Å². The number of benzene rings is 2. The first kappa shape index (κ1) is 23.2. The van der Waals surface area contributed by atoms with E-state index in [2.05, 4.69) is 6.58 Å². The Morgan fingerprint density at radius 3 is 2.29 bits per heavy atom. The molecule has 0 aromatic heterocycles. The zero-order valence-electron chi connectivity index (χ0n) is 19.3. The summed E-state index contributed by atoms with van der Waals surface area (Å²) in [6.07, 6.45) is 8.97. The first-order valence-corrected chi connectivity index (χ1v) is 12.4. The molecule has 3 atom stereocenters. The summed E-state index contributed by atoms with van der Waals surface area (Å²) in [5, 5.41) is 0. The predicted octanol–water partition coefficient (Wildman–Crippen LogP) is 7.75. The number of rotatable bonds is 7. The Balaban J connectivity index is 1.22. The van der Waals surface area contributed by atoms with Gasteiger partial charge in [-0.25, -0.2) is 13.2 Å². The van der Waals surface area contributed by atoms with Gasteiger partial charge < -0.3 is 9.47 Å². The molecule has 1 saturated carbocycles. The number of hydrogen-bond acceptors (Lipinski definition) is 2. The van der Waals surface area contributed by atoms with Crippen molar-refractivity contribution in [2.45, 2.75) is 50.5 Å². The minimum absolute atomic E-state index is 0.0234. The Morgan fingerprint density at radius 2 is 1.65 bits per heavy atom. The van der Waals surface area contributed by atoms with Crippen LogP contribution in [0.1, 0.15) is 50.0 Å². The van der Waals surface area contributed by atoms with Crippen molar-refractivity contribution in [1.29, 1.82) is 0 Å². The fraction of sp³-hybridized carbons (Fsp3) is 0.448. The molecule has 1 heterocycles. The van der Waals surface area contributed by atoms with Crippen molar-refractivity contribution < 1.29 is 22.6 Å². The van der Waals surface area contributed by atoms with Crippen LogP contribution in [0.25, 0.3) is 11.1 Å². The van der Waals surface area contributed by atoms with Gasteiger partial charge in [0.1, 0.15) is 11.6 Å². The molecule has 2 nitrogen and oxygen atoms in total. The summed E-state index contributed by atoms with van der Waals surface area (Å²) in [6.45, 7) is 4.89. The van der Waals surface area contributed by atoms with E-state index in [-0.39, 0.29) is 35.2 Å². The number of hydrogen-bond donors (Lipinski definition) is 0. The summed E-state index contributed by atoms with van der Waals surface area (Å²) >= 11 is 0. The van der Waals surface area contributed by atoms with Crippen molar-refractivity contribution in [3.63, 3.8) is 0 Å². The van der Waals surface area contributed by atoms with Gasteiger partial charge in [-0.1, -0.05) is 30.3 Å². The van der Waals surface area contributed by atoms with Crippen LogP contribution >= 0.6 is 0 Å². The Hall–Kier alpha value is -2.53. The normalized spacial score (nSPS) is 28.8. The van der Waals surface area contributed by atoms with E-state index in [4.69, 9.17) is 9.47 Å². The Labute approximate surface area is 199 Å². The molecule has 0 spiro atoms. The van der Waals surface area contributed by atoms with E-state index in [0.29, 0.717) is 36.0 Å². The largest absolute Gasteiger partial charge is 0.493 e. The highest BCUT2D eigenvalue weighted by Crippen LogP contribution is 2.40. The van der Waals surface area contributed by atoms with E-state index in [1.54, 1.807) is 42.5 Å². The van der Waals surface area contributed by atoms with Gasteiger partial charge in [0.05, 0.1) is 19.3 Å². The molecule has 2 aliphatic carbocycles. The van der Waals surface area contributed by atoms with Gasteiger partial charge in [-0.2, -0.15) is 0 Å². The lowest BCUT2D eigenvalue weighted by Crippen LogP contribution is -2.20. The molecule has 2 aromatic carbocycles. The van der Waals surface area contributed by atoms with E-state index in [9.17, 15) is 13.2 Å². The molecule has 0 bridgehead atoms. The number of ether oxygens (including phenoxy) is 2. The second-order valence-electron chi connectivity index (χ2n) is 9.88. The molecule has 0 N–H and O–H groups in total. The summed E-state index contributed by atoms with van der Waals surface area (Å²) in [4.78, 5) is 0. The van der Waals surface area contributed by atoms with Crippen LogP contribution in [-0.2, 0) is 4.74 Å². The van der Waals surface area contributed by atoms with Crippen LogP contribution in [0.15, 0.2) is 61.0 Å². The van der Waals surface area contributed by atoms with E-state index in [1.165, 1.54) is 0 Å². The lowest BCUT2D eigenvalue weighted by atomic mass is 9.78. The minimum atomic E-state index is -0.797. The van der Waals surface area contributed by atoms with E-state index < -0.39 is 11.6 Å². The maximum atomic E-state index is 15.0. The quantitative estimate of drug-likeness (QED) is 0.306. The highest BCUT2D eigenvalue weighted by atomic mass is 19.2. The molecular formula is C29H31F3O2. The molecule has 1 saturated heterocycles. The molecule has 3 unspecified atom stereocenters. The van der Waals surface area contributed by atoms with Crippen molar-refractivity contribution in [2.75, 3.05) is 13.2 Å². The minimum Gasteiger partial charge on any atom is -0.493 e. The molecule has 2 fully saturated rings. The van der Waals surface area contributed by atoms with Crippen LogP contribution in [0.5, 0.6) is 5.75 Å². The average Bonchev–Trinajstić information content (AvgIpc) is 3.70. The molecule has 3 aliphatic rings. The summed E-state index contributed by atoms with van der Waals surface area (Å²) in [7, 11) is 0. The number of allylic oxidation sites excluding steroid dienone is 1. The summed E-state index contributed by atoms with van der Waals surface area (Å²) in [6, 6.07) is 10.4. The van der Waals surface area contributed by atoms with Gasteiger partial charge in [0.15, 0.2) is 11.6 Å². The van der Waals surface area contributed by atoms with Gasteiger partial charge in [-0.05, 0) is 79.7 Å². The molecule has 0 amide bonds. The van der Waals surface area contributed by atoms with Gasteiger partial charge >= 0.3 is 0 Å². The monoisotopic (exact) mass is 468 g/mol. The van der Waals surface area contributed by atoms with Crippen LogP contribution in [-0.4, -0.2) is 19.3 Å². The highest BCUT2D eigenvalue weighted by molar-refractivity contribution is 5.65. The first-order chi connectivity index (χ1) is 16.5. The van der Waals surface area contributed by atoms with E-state index >= 15 is 0 Å². The second-order valence-corrected chi connectivity index (χ2v) is 9.88. The third kappa shape index (κ3) is 4.95. The summed E-state index contributed by atoms with van der Waals surface area (Å²) in [5.74, 6) is -0.536. The third-order valence-corrected chi connectivity index (χ3v) is 7.69. The van der Waals surface area contributed by atoms with Crippen molar-refractivity contribution in [2.24, 2.45) is 17.8 Å². The van der Waals surface area contributed by atoms with Gasteiger partial charge in [0, 0.05) is 17.4 Å². The summed E-state index contributed by atoms with van der Waals surface area (Å²) in [5.41, 5.74) is 1.33. The van der Waals surface area contributed by atoms with E-state index in [1.807, 2.05) is 6.08 Å². The highest BCUT2D eigenvalue weighted by Gasteiger charge is 2.38. The van der Waals surface area contributed by atoms with Crippen LogP contribution in [0.4, 0.5) is 13.2 Å². The Kier molecular flexibility index (Phi) is 6.82. The zero-order valence-corrected chi connectivity index (χ0v) is 19.3. The zero-order chi connectivity index (χ0) is 23.7. The van der Waals surface area contributed by atoms with Gasteiger partial charge in [-0.15, -0.1) is 6.58 Å². The molecule has 5 heteroatoms. The van der Waals surface area contributed by atoms with Crippen molar-refractivity contribution in [3.8, 4) is 16.9 Å². The smallest absolute Gasteiger partial charge is 0.166 e. The molecular weight excluding hydrogens is 437 g/mol. The Bertz CT molecular complexity index is 1050. The van der Waals surface area contributed by atoms with Crippen molar-refractivity contribution >= 4 is 0 Å². The molecule has 180 valence electrons. The molecule has 2 aromatic rings. The van der Waals surface area contributed by atoms with Crippen molar-refractivity contribution in [3.05, 3.63) is 78.2 Å². The predicted molar refractivity (Wildman–Crippen MR) is 127 cm³/mol. The lowest BCUT2D eigenvalue weighted by Gasteiger charge is -2.27. The standard InChI is InChI=1S/C29H31F3O2/c1-2-18-3-6-20(7-4-18)23-13-14-24(29(32)28(23)31)21-8-10-22(11-9-21)33-16-19-5-12-25(26(30)15-19)27-17-34-27/h2,8-11,13-15,18-20,25,27H,1,3-7,12,16-17H2. The van der Waals surface area contributed by atoms with Crippen molar-refractivity contribution in [1.82, 2.24) is 0 Å².